The predicted octanol–water partition coefficient (Wildman–Crippen LogP) is 3.89. The number of aromatic nitrogens is 3. The number of likely N-dealkylation sites (N-methyl/N-ethyl adjacent to an activating group) is 1. The van der Waals surface area contributed by atoms with E-state index in [4.69, 9.17) is 0 Å². The molecule has 0 radical (unpaired) electrons. The third-order valence-electron chi connectivity index (χ3n) is 5.08. The number of nitrogens with zero attached hydrogens (tertiary/aromatic N) is 5. The highest BCUT2D eigenvalue weighted by atomic mass is 15.2. The van der Waals surface area contributed by atoms with Crippen molar-refractivity contribution in [1.82, 2.24) is 15.0 Å². The van der Waals surface area contributed by atoms with E-state index in [1.54, 1.807) is 6.20 Å². The summed E-state index contributed by atoms with van der Waals surface area (Å²) in [5, 5.41) is 3.39. The van der Waals surface area contributed by atoms with Crippen molar-refractivity contribution < 1.29 is 0 Å². The Kier molecular flexibility index (Phi) is 5.66. The van der Waals surface area contributed by atoms with Crippen molar-refractivity contribution in [1.29, 1.82) is 0 Å². The lowest BCUT2D eigenvalue weighted by Gasteiger charge is -2.19. The van der Waals surface area contributed by atoms with Gasteiger partial charge < -0.3 is 15.1 Å². The quantitative estimate of drug-likeness (QED) is 0.677. The van der Waals surface area contributed by atoms with Crippen molar-refractivity contribution >= 4 is 23.1 Å². The summed E-state index contributed by atoms with van der Waals surface area (Å²) in [6.45, 7) is 3.17. The highest BCUT2D eigenvalue weighted by Crippen LogP contribution is 2.23. The van der Waals surface area contributed by atoms with Gasteiger partial charge in [0.05, 0.1) is 0 Å². The first-order valence-corrected chi connectivity index (χ1v) is 9.83. The van der Waals surface area contributed by atoms with Crippen LogP contribution in [-0.2, 0) is 6.42 Å². The summed E-state index contributed by atoms with van der Waals surface area (Å²) in [5.41, 5.74) is 3.59. The number of hydrogen-bond acceptors (Lipinski definition) is 6. The molecule has 1 N–H and O–H groups in total. The highest BCUT2D eigenvalue weighted by molar-refractivity contribution is 5.61. The van der Waals surface area contributed by atoms with Crippen molar-refractivity contribution in [2.45, 2.75) is 19.3 Å². The molecule has 2 aromatic heterocycles. The van der Waals surface area contributed by atoms with Crippen LogP contribution in [-0.4, -0.2) is 41.6 Å². The van der Waals surface area contributed by atoms with Crippen molar-refractivity contribution in [2.75, 3.05) is 41.8 Å². The lowest BCUT2D eigenvalue weighted by Crippen LogP contribution is -2.22. The molecule has 6 heteroatoms. The third kappa shape index (κ3) is 4.57. The van der Waals surface area contributed by atoms with Crippen LogP contribution in [0.15, 0.2) is 61.1 Å². The molecule has 6 nitrogen and oxygen atoms in total. The molecular weight excluding hydrogens is 348 g/mol. The molecule has 0 aliphatic carbocycles. The Balaban J connectivity index is 1.37. The van der Waals surface area contributed by atoms with Crippen molar-refractivity contribution in [2.24, 2.45) is 0 Å². The number of anilines is 4. The van der Waals surface area contributed by atoms with Gasteiger partial charge in [-0.15, -0.1) is 0 Å². The highest BCUT2D eigenvalue weighted by Gasteiger charge is 2.12. The van der Waals surface area contributed by atoms with Gasteiger partial charge in [0.25, 0.3) is 0 Å². The summed E-state index contributed by atoms with van der Waals surface area (Å²) in [6.07, 6.45) is 8.96. The Morgan fingerprint density at radius 1 is 0.964 bits per heavy atom. The zero-order chi connectivity index (χ0) is 19.2. The first-order chi connectivity index (χ1) is 13.8. The van der Waals surface area contributed by atoms with Gasteiger partial charge in [-0.3, -0.25) is 4.98 Å². The molecule has 0 unspecified atom stereocenters. The van der Waals surface area contributed by atoms with Crippen LogP contribution in [0.1, 0.15) is 18.4 Å². The van der Waals surface area contributed by atoms with Crippen LogP contribution in [0.4, 0.5) is 23.1 Å². The first-order valence-electron chi connectivity index (χ1n) is 9.83. The van der Waals surface area contributed by atoms with Crippen LogP contribution in [0.25, 0.3) is 0 Å². The van der Waals surface area contributed by atoms with Gasteiger partial charge in [0.2, 0.25) is 5.95 Å². The van der Waals surface area contributed by atoms with Crippen molar-refractivity contribution in [3.63, 3.8) is 0 Å². The number of nitrogens with one attached hydrogen (secondary N) is 1. The maximum Gasteiger partial charge on any atom is 0.227 e. The molecule has 1 aliphatic rings. The van der Waals surface area contributed by atoms with Crippen LogP contribution in [0.2, 0.25) is 0 Å². The normalized spacial score (nSPS) is 13.5. The molecule has 0 spiro atoms. The lowest BCUT2D eigenvalue weighted by atomic mass is 10.2. The summed E-state index contributed by atoms with van der Waals surface area (Å²) in [7, 11) is 2.02. The molecule has 0 saturated carbocycles. The molecule has 28 heavy (non-hydrogen) atoms. The van der Waals surface area contributed by atoms with Gasteiger partial charge in [-0.1, -0.05) is 0 Å². The van der Waals surface area contributed by atoms with Crippen LogP contribution in [0.3, 0.4) is 0 Å². The van der Waals surface area contributed by atoms with Gasteiger partial charge in [-0.2, -0.15) is 4.98 Å². The largest absolute Gasteiger partial charge is 0.372 e. The average Bonchev–Trinajstić information content (AvgIpc) is 3.28. The third-order valence-corrected chi connectivity index (χ3v) is 5.08. The number of hydrogen-bond donors (Lipinski definition) is 1. The van der Waals surface area contributed by atoms with Gasteiger partial charge in [-0.25, -0.2) is 4.98 Å². The molecular formula is C22H26N6. The van der Waals surface area contributed by atoms with Gasteiger partial charge in [0.15, 0.2) is 0 Å². The second kappa shape index (κ2) is 8.69. The van der Waals surface area contributed by atoms with E-state index >= 15 is 0 Å². The fraction of sp³-hybridized carbons (Fsp3) is 0.318. The predicted molar refractivity (Wildman–Crippen MR) is 114 cm³/mol. The standard InChI is InChI=1S/C22H26N6/c1-27(17-11-18-8-12-23-13-9-18)22-24-14-10-21(26-22)25-19-4-6-20(7-5-19)28-15-2-3-16-28/h4-10,12-14H,2-3,11,15-17H2,1H3,(H,24,25,26). The number of rotatable bonds is 7. The molecule has 1 fully saturated rings. The van der Waals surface area contributed by atoms with E-state index < -0.39 is 0 Å². The Bertz CT molecular complexity index is 875. The Morgan fingerprint density at radius 2 is 1.71 bits per heavy atom. The lowest BCUT2D eigenvalue weighted by molar-refractivity contribution is 0.837. The minimum Gasteiger partial charge on any atom is -0.372 e. The minimum absolute atomic E-state index is 0.716. The first kappa shape index (κ1) is 18.2. The topological polar surface area (TPSA) is 57.2 Å². The molecule has 3 aromatic rings. The van der Waals surface area contributed by atoms with E-state index in [1.165, 1.54) is 24.1 Å². The number of pyridine rings is 1. The molecule has 0 bridgehead atoms. The molecule has 0 amide bonds. The van der Waals surface area contributed by atoms with Gasteiger partial charge in [0, 0.05) is 56.6 Å². The minimum atomic E-state index is 0.716. The van der Waals surface area contributed by atoms with Gasteiger partial charge in [-0.05, 0) is 67.3 Å². The van der Waals surface area contributed by atoms with E-state index in [-0.39, 0.29) is 0 Å². The number of benzene rings is 1. The molecule has 144 valence electrons. The average molecular weight is 374 g/mol. The Morgan fingerprint density at radius 3 is 2.46 bits per heavy atom. The van der Waals surface area contributed by atoms with E-state index in [1.807, 2.05) is 37.6 Å². The molecule has 1 aliphatic heterocycles. The maximum atomic E-state index is 4.66. The summed E-state index contributed by atoms with van der Waals surface area (Å²) < 4.78 is 0. The van der Waals surface area contributed by atoms with Crippen LogP contribution >= 0.6 is 0 Å². The Hall–Kier alpha value is -3.15. The summed E-state index contributed by atoms with van der Waals surface area (Å²) in [6, 6.07) is 14.6. The summed E-state index contributed by atoms with van der Waals surface area (Å²) >= 11 is 0. The monoisotopic (exact) mass is 374 g/mol. The van der Waals surface area contributed by atoms with Crippen LogP contribution < -0.4 is 15.1 Å². The van der Waals surface area contributed by atoms with E-state index in [9.17, 15) is 0 Å². The molecule has 1 saturated heterocycles. The second-order valence-corrected chi connectivity index (χ2v) is 7.13. The molecule has 0 atom stereocenters. The van der Waals surface area contributed by atoms with Crippen LogP contribution in [0.5, 0.6) is 0 Å². The fourth-order valence-corrected chi connectivity index (χ4v) is 3.43. The molecule has 3 heterocycles. The molecule has 1 aromatic carbocycles. The smallest absolute Gasteiger partial charge is 0.227 e. The zero-order valence-electron chi connectivity index (χ0n) is 16.3. The molecule has 4 rings (SSSR count). The second-order valence-electron chi connectivity index (χ2n) is 7.13. The Labute approximate surface area is 166 Å². The summed E-state index contributed by atoms with van der Waals surface area (Å²) in [4.78, 5) is 17.6. The van der Waals surface area contributed by atoms with Crippen molar-refractivity contribution in [3.8, 4) is 0 Å². The van der Waals surface area contributed by atoms with E-state index in [0.717, 1.165) is 37.6 Å². The van der Waals surface area contributed by atoms with Crippen molar-refractivity contribution in [3.05, 3.63) is 66.6 Å². The summed E-state index contributed by atoms with van der Waals surface area (Å²) in [5.74, 6) is 1.52. The maximum absolute atomic E-state index is 4.66. The zero-order valence-corrected chi connectivity index (χ0v) is 16.3. The SMILES string of the molecule is CN(CCc1ccncc1)c1nccc(Nc2ccc(N3CCCC3)cc2)n1. The van der Waals surface area contributed by atoms with E-state index in [2.05, 4.69) is 54.3 Å². The fourth-order valence-electron chi connectivity index (χ4n) is 3.43. The van der Waals surface area contributed by atoms with Gasteiger partial charge >= 0.3 is 0 Å². The van der Waals surface area contributed by atoms with Crippen LogP contribution in [0, 0.1) is 0 Å². The van der Waals surface area contributed by atoms with E-state index in [0.29, 0.717) is 5.95 Å². The van der Waals surface area contributed by atoms with Gasteiger partial charge in [0.1, 0.15) is 5.82 Å².